The Bertz CT molecular complexity index is 1250. The van der Waals surface area contributed by atoms with Gasteiger partial charge in [0.05, 0.1) is 13.2 Å². The van der Waals surface area contributed by atoms with Crippen LogP contribution in [0, 0.1) is 0 Å². The van der Waals surface area contributed by atoms with Crippen LogP contribution in [0.5, 0.6) is 11.5 Å². The van der Waals surface area contributed by atoms with Crippen molar-refractivity contribution in [2.45, 2.75) is 51.1 Å². The lowest BCUT2D eigenvalue weighted by Gasteiger charge is -2.37. The normalized spacial score (nSPS) is 16.9. The first kappa shape index (κ1) is 25.3. The van der Waals surface area contributed by atoms with Crippen LogP contribution in [-0.2, 0) is 11.2 Å². The van der Waals surface area contributed by atoms with Crippen molar-refractivity contribution in [2.75, 3.05) is 26.8 Å². The molecule has 1 atom stereocenters. The fourth-order valence-electron chi connectivity index (χ4n) is 4.91. The van der Waals surface area contributed by atoms with Crippen LogP contribution in [0.4, 0.5) is 0 Å². The number of hydrogen-bond acceptors (Lipinski definition) is 5. The third kappa shape index (κ3) is 5.67. The summed E-state index contributed by atoms with van der Waals surface area (Å²) in [6.45, 7) is 5.41. The smallest absolute Gasteiger partial charge is 0.254 e. The zero-order chi connectivity index (χ0) is 25.9. The zero-order valence-electron chi connectivity index (χ0n) is 21.7. The fraction of sp³-hybridized carbons (Fsp3) is 0.400. The van der Waals surface area contributed by atoms with Gasteiger partial charge in [0.15, 0.2) is 0 Å². The molecule has 2 heterocycles. The molecule has 6 nitrogen and oxygen atoms in total. The van der Waals surface area contributed by atoms with Crippen molar-refractivity contribution in [3.8, 4) is 11.5 Å². The summed E-state index contributed by atoms with van der Waals surface area (Å²) in [6.07, 6.45) is 2.68. The molecule has 0 saturated heterocycles. The molecule has 2 aromatic carbocycles. The number of carbonyl (C=O) groups excluding carboxylic acids is 2. The quantitative estimate of drug-likeness (QED) is 0.365. The Morgan fingerprint density at radius 3 is 2.57 bits per heavy atom. The Morgan fingerprint density at radius 1 is 1.08 bits per heavy atom. The largest absolute Gasteiger partial charge is 0.497 e. The Kier molecular flexibility index (Phi) is 7.51. The maximum atomic E-state index is 13.7. The molecule has 0 bridgehead atoms. The highest BCUT2D eigenvalue weighted by molar-refractivity contribution is 7.10. The molecule has 1 fully saturated rings. The minimum atomic E-state index is -0.180. The van der Waals surface area contributed by atoms with Gasteiger partial charge in [-0.2, -0.15) is 0 Å². The van der Waals surface area contributed by atoms with Gasteiger partial charge in [0, 0.05) is 23.0 Å². The highest BCUT2D eigenvalue weighted by atomic mass is 32.1. The van der Waals surface area contributed by atoms with Gasteiger partial charge in [-0.1, -0.05) is 32.0 Å². The number of ether oxygens (including phenoxy) is 2. The maximum absolute atomic E-state index is 13.7. The highest BCUT2D eigenvalue weighted by Gasteiger charge is 2.38. The summed E-state index contributed by atoms with van der Waals surface area (Å²) >= 11 is 1.73. The lowest BCUT2D eigenvalue weighted by Crippen LogP contribution is -2.48. The number of benzene rings is 2. The number of fused-ring (bicyclic) bond motifs is 1. The molecule has 7 heteroatoms. The number of amides is 2. The van der Waals surface area contributed by atoms with E-state index in [9.17, 15) is 9.59 Å². The van der Waals surface area contributed by atoms with E-state index in [0.29, 0.717) is 30.4 Å². The van der Waals surface area contributed by atoms with E-state index in [0.717, 1.165) is 30.6 Å². The average Bonchev–Trinajstić information content (AvgIpc) is 3.65. The van der Waals surface area contributed by atoms with E-state index >= 15 is 0 Å². The van der Waals surface area contributed by atoms with E-state index in [2.05, 4.69) is 37.4 Å². The molecule has 5 rings (SSSR count). The summed E-state index contributed by atoms with van der Waals surface area (Å²) < 4.78 is 11.5. The second-order valence-corrected chi connectivity index (χ2v) is 11.1. The predicted octanol–water partition coefficient (Wildman–Crippen LogP) is 5.69. The maximum Gasteiger partial charge on any atom is 0.254 e. The number of methoxy groups -OCH3 is 1. The van der Waals surface area contributed by atoms with Gasteiger partial charge < -0.3 is 19.3 Å². The number of nitrogens with zero attached hydrogens (tertiary/aromatic N) is 2. The molecule has 0 N–H and O–H groups in total. The Labute approximate surface area is 222 Å². The molecule has 1 aliphatic heterocycles. The second kappa shape index (κ2) is 11.0. The van der Waals surface area contributed by atoms with Crippen molar-refractivity contribution in [3.05, 3.63) is 81.5 Å². The molecular formula is C30H34N2O4S. The average molecular weight is 519 g/mol. The molecule has 1 aliphatic carbocycles. The highest BCUT2D eigenvalue weighted by Crippen LogP contribution is 2.35. The fourth-order valence-corrected chi connectivity index (χ4v) is 5.84. The Hall–Kier alpha value is -3.32. The molecular weight excluding hydrogens is 484 g/mol. The zero-order valence-corrected chi connectivity index (χ0v) is 22.5. The topological polar surface area (TPSA) is 59.1 Å². The van der Waals surface area contributed by atoms with E-state index in [4.69, 9.17) is 9.47 Å². The molecule has 0 unspecified atom stereocenters. The lowest BCUT2D eigenvalue weighted by molar-refractivity contribution is -0.135. The number of hydrogen-bond donors (Lipinski definition) is 0. The van der Waals surface area contributed by atoms with Gasteiger partial charge in [-0.15, -0.1) is 11.3 Å². The van der Waals surface area contributed by atoms with Crippen LogP contribution in [0.2, 0.25) is 0 Å². The third-order valence-corrected chi connectivity index (χ3v) is 8.24. The second-order valence-electron chi connectivity index (χ2n) is 10.1. The van der Waals surface area contributed by atoms with Gasteiger partial charge in [0.2, 0.25) is 5.91 Å². The SMILES string of the molecule is COc1cccc(C(=O)N(CC(=O)N2CCc3sccc3[C@@H]2COc2ccc(C(C)C)cc2)C2CC2)c1. The monoisotopic (exact) mass is 518 g/mol. The summed E-state index contributed by atoms with van der Waals surface area (Å²) in [4.78, 5) is 32.1. The minimum absolute atomic E-state index is 0.0382. The molecule has 37 heavy (non-hydrogen) atoms. The minimum Gasteiger partial charge on any atom is -0.497 e. The van der Waals surface area contributed by atoms with Gasteiger partial charge in [-0.25, -0.2) is 0 Å². The summed E-state index contributed by atoms with van der Waals surface area (Å²) in [7, 11) is 1.59. The van der Waals surface area contributed by atoms with Crippen molar-refractivity contribution in [2.24, 2.45) is 0 Å². The van der Waals surface area contributed by atoms with E-state index in [-0.39, 0.29) is 30.4 Å². The number of carbonyl (C=O) groups is 2. The van der Waals surface area contributed by atoms with Crippen LogP contribution < -0.4 is 9.47 Å². The van der Waals surface area contributed by atoms with Crippen LogP contribution >= 0.6 is 11.3 Å². The van der Waals surface area contributed by atoms with Gasteiger partial charge in [-0.3, -0.25) is 9.59 Å². The summed E-state index contributed by atoms with van der Waals surface area (Å²) in [6, 6.07) is 17.4. The molecule has 194 valence electrons. The molecule has 3 aromatic rings. The lowest BCUT2D eigenvalue weighted by atomic mass is 10.00. The van der Waals surface area contributed by atoms with Crippen LogP contribution in [0.1, 0.15) is 65.0 Å². The molecule has 1 aromatic heterocycles. The molecule has 2 aliphatic rings. The molecule has 1 saturated carbocycles. The third-order valence-electron chi connectivity index (χ3n) is 7.24. The van der Waals surface area contributed by atoms with Crippen molar-refractivity contribution >= 4 is 23.2 Å². The van der Waals surface area contributed by atoms with Gasteiger partial charge in [0.25, 0.3) is 5.91 Å². The van der Waals surface area contributed by atoms with Crippen molar-refractivity contribution in [1.29, 1.82) is 0 Å². The van der Waals surface area contributed by atoms with E-state index in [1.54, 1.807) is 35.5 Å². The molecule has 0 spiro atoms. The predicted molar refractivity (Wildman–Crippen MR) is 146 cm³/mol. The van der Waals surface area contributed by atoms with Crippen LogP contribution in [-0.4, -0.2) is 54.5 Å². The molecule has 2 amide bonds. The van der Waals surface area contributed by atoms with Crippen LogP contribution in [0.15, 0.2) is 60.0 Å². The number of thiophene rings is 1. The Balaban J connectivity index is 1.32. The first-order chi connectivity index (χ1) is 17.9. The van der Waals surface area contributed by atoms with Crippen molar-refractivity contribution in [3.63, 3.8) is 0 Å². The standard InChI is InChI=1S/C30H34N2O4S/c1-20(2)21-7-11-24(12-8-21)36-19-27-26-14-16-37-28(26)13-15-31(27)29(33)18-32(23-9-10-23)30(34)22-5-4-6-25(17-22)35-3/h4-8,11-12,14,16-17,20,23,27H,9-10,13,15,18-19H2,1-3H3/t27-/m0/s1. The van der Waals surface area contributed by atoms with Crippen LogP contribution in [0.3, 0.4) is 0 Å². The first-order valence-electron chi connectivity index (χ1n) is 13.0. The van der Waals surface area contributed by atoms with E-state index < -0.39 is 0 Å². The van der Waals surface area contributed by atoms with Gasteiger partial charge >= 0.3 is 0 Å². The van der Waals surface area contributed by atoms with Crippen LogP contribution in [0.25, 0.3) is 0 Å². The first-order valence-corrected chi connectivity index (χ1v) is 13.9. The Morgan fingerprint density at radius 2 is 1.86 bits per heavy atom. The van der Waals surface area contributed by atoms with Crippen molar-refractivity contribution in [1.82, 2.24) is 9.80 Å². The van der Waals surface area contributed by atoms with E-state index in [1.165, 1.54) is 10.4 Å². The molecule has 0 radical (unpaired) electrons. The van der Waals surface area contributed by atoms with E-state index in [1.807, 2.05) is 29.2 Å². The number of rotatable bonds is 9. The summed E-state index contributed by atoms with van der Waals surface area (Å²) in [5.41, 5.74) is 2.96. The van der Waals surface area contributed by atoms with Gasteiger partial charge in [-0.05, 0) is 78.1 Å². The summed E-state index contributed by atoms with van der Waals surface area (Å²) in [5.74, 6) is 1.73. The van der Waals surface area contributed by atoms with Crippen molar-refractivity contribution < 1.29 is 19.1 Å². The van der Waals surface area contributed by atoms with Gasteiger partial charge in [0.1, 0.15) is 24.7 Å². The summed E-state index contributed by atoms with van der Waals surface area (Å²) in [5, 5.41) is 2.09.